The summed E-state index contributed by atoms with van der Waals surface area (Å²) >= 11 is 0. The van der Waals surface area contributed by atoms with E-state index in [9.17, 15) is 4.79 Å². The highest BCUT2D eigenvalue weighted by molar-refractivity contribution is 5.76. The molecule has 0 amide bonds. The van der Waals surface area contributed by atoms with Gasteiger partial charge in [0.05, 0.1) is 6.61 Å². The minimum Gasteiger partial charge on any atom is -0.464 e. The number of azo groups is 1. The van der Waals surface area contributed by atoms with Crippen LogP contribution in [0.1, 0.15) is 13.3 Å². The van der Waals surface area contributed by atoms with Crippen LogP contribution in [0, 0.1) is 0 Å². The van der Waals surface area contributed by atoms with E-state index in [-0.39, 0.29) is 5.97 Å². The van der Waals surface area contributed by atoms with E-state index in [0.717, 1.165) is 0 Å². The van der Waals surface area contributed by atoms with Crippen LogP contribution in [0.25, 0.3) is 0 Å². The standard InChI is InChI=1S/C7H10N2O2/c1-2-11-7(10)6-4-3-5-8-9-6/h3,5-6H,2,4H2,1H3/t6-/m0/s1. The fraction of sp³-hybridized carbons (Fsp3) is 0.571. The highest BCUT2D eigenvalue weighted by Gasteiger charge is 2.18. The minimum atomic E-state index is -0.417. The Kier molecular flexibility index (Phi) is 2.77. The Morgan fingerprint density at radius 2 is 2.64 bits per heavy atom. The fourth-order valence-corrected chi connectivity index (χ4v) is 0.785. The first-order chi connectivity index (χ1) is 5.34. The predicted molar refractivity (Wildman–Crippen MR) is 39.0 cm³/mol. The summed E-state index contributed by atoms with van der Waals surface area (Å²) in [5.74, 6) is -0.291. The highest BCUT2D eigenvalue weighted by Crippen LogP contribution is 2.07. The topological polar surface area (TPSA) is 51.0 Å². The lowest BCUT2D eigenvalue weighted by molar-refractivity contribution is -0.144. The summed E-state index contributed by atoms with van der Waals surface area (Å²) in [6, 6.07) is -0.417. The van der Waals surface area contributed by atoms with Crippen LogP contribution in [-0.2, 0) is 9.53 Å². The van der Waals surface area contributed by atoms with Crippen LogP contribution in [0.5, 0.6) is 0 Å². The second-order valence-electron chi connectivity index (χ2n) is 2.12. The van der Waals surface area contributed by atoms with E-state index >= 15 is 0 Å². The minimum absolute atomic E-state index is 0.291. The maximum Gasteiger partial charge on any atom is 0.333 e. The second kappa shape index (κ2) is 3.85. The highest BCUT2D eigenvalue weighted by atomic mass is 16.5. The van der Waals surface area contributed by atoms with Gasteiger partial charge in [0.15, 0.2) is 6.04 Å². The number of carbonyl (C=O) groups excluding carboxylic acids is 1. The SMILES string of the molecule is CCOC(=O)[C@@H]1CC=CN=N1. The Bertz CT molecular complexity index is 199. The van der Waals surface area contributed by atoms with Gasteiger partial charge in [-0.3, -0.25) is 0 Å². The summed E-state index contributed by atoms with van der Waals surface area (Å²) in [7, 11) is 0. The Balaban J connectivity index is 2.42. The molecule has 0 aromatic rings. The van der Waals surface area contributed by atoms with Crippen molar-refractivity contribution in [3.05, 3.63) is 12.3 Å². The molecule has 0 spiro atoms. The zero-order chi connectivity index (χ0) is 8.10. The van der Waals surface area contributed by atoms with Crippen molar-refractivity contribution in [3.8, 4) is 0 Å². The number of carbonyl (C=O) groups is 1. The van der Waals surface area contributed by atoms with Crippen molar-refractivity contribution in [2.75, 3.05) is 6.61 Å². The molecule has 60 valence electrons. The molecule has 0 bridgehead atoms. The van der Waals surface area contributed by atoms with Gasteiger partial charge in [-0.2, -0.15) is 10.2 Å². The van der Waals surface area contributed by atoms with E-state index in [1.54, 1.807) is 19.2 Å². The lowest BCUT2D eigenvalue weighted by atomic mass is 10.2. The Hall–Kier alpha value is -1.19. The van der Waals surface area contributed by atoms with Gasteiger partial charge in [-0.05, 0) is 6.92 Å². The summed E-state index contributed by atoms with van der Waals surface area (Å²) in [5.41, 5.74) is 0. The molecule has 1 aliphatic rings. The molecule has 1 aliphatic heterocycles. The largest absolute Gasteiger partial charge is 0.464 e. The molecule has 4 nitrogen and oxygen atoms in total. The average Bonchev–Trinajstić information content (AvgIpc) is 2.07. The molecular formula is C7H10N2O2. The van der Waals surface area contributed by atoms with Crippen molar-refractivity contribution in [2.45, 2.75) is 19.4 Å². The molecule has 0 radical (unpaired) electrons. The van der Waals surface area contributed by atoms with Crippen LogP contribution in [0.4, 0.5) is 0 Å². The van der Waals surface area contributed by atoms with Gasteiger partial charge in [0.2, 0.25) is 0 Å². The summed E-state index contributed by atoms with van der Waals surface area (Å²) in [4.78, 5) is 11.0. The van der Waals surface area contributed by atoms with Crippen molar-refractivity contribution in [1.82, 2.24) is 0 Å². The molecule has 4 heteroatoms. The number of rotatable bonds is 2. The van der Waals surface area contributed by atoms with E-state index in [2.05, 4.69) is 10.2 Å². The smallest absolute Gasteiger partial charge is 0.333 e. The van der Waals surface area contributed by atoms with E-state index in [4.69, 9.17) is 4.74 Å². The van der Waals surface area contributed by atoms with Gasteiger partial charge >= 0.3 is 5.97 Å². The van der Waals surface area contributed by atoms with Crippen molar-refractivity contribution in [2.24, 2.45) is 10.2 Å². The summed E-state index contributed by atoms with van der Waals surface area (Å²) in [5, 5.41) is 7.32. The molecule has 11 heavy (non-hydrogen) atoms. The van der Waals surface area contributed by atoms with Crippen molar-refractivity contribution >= 4 is 5.97 Å². The van der Waals surface area contributed by atoms with Crippen LogP contribution in [0.15, 0.2) is 22.5 Å². The third-order valence-electron chi connectivity index (χ3n) is 1.30. The average molecular weight is 154 g/mol. The molecule has 0 saturated heterocycles. The first-order valence-corrected chi connectivity index (χ1v) is 3.56. The van der Waals surface area contributed by atoms with Gasteiger partial charge in [0, 0.05) is 12.6 Å². The quantitative estimate of drug-likeness (QED) is 0.562. The lowest BCUT2D eigenvalue weighted by Crippen LogP contribution is -2.21. The lowest BCUT2D eigenvalue weighted by Gasteiger charge is -2.08. The van der Waals surface area contributed by atoms with Gasteiger partial charge < -0.3 is 4.74 Å². The van der Waals surface area contributed by atoms with Crippen molar-refractivity contribution in [1.29, 1.82) is 0 Å². The molecule has 1 heterocycles. The number of hydrogen-bond acceptors (Lipinski definition) is 4. The molecule has 0 N–H and O–H groups in total. The summed E-state index contributed by atoms with van der Waals surface area (Å²) in [6.07, 6.45) is 3.98. The van der Waals surface area contributed by atoms with Gasteiger partial charge in [-0.25, -0.2) is 4.79 Å². The molecule has 1 atom stereocenters. The van der Waals surface area contributed by atoms with Gasteiger partial charge in [-0.1, -0.05) is 6.08 Å². The van der Waals surface area contributed by atoms with Crippen LogP contribution in [-0.4, -0.2) is 18.6 Å². The molecule has 0 unspecified atom stereocenters. The molecule has 0 fully saturated rings. The third-order valence-corrected chi connectivity index (χ3v) is 1.30. The van der Waals surface area contributed by atoms with Gasteiger partial charge in [0.1, 0.15) is 0 Å². The van der Waals surface area contributed by atoms with E-state index in [0.29, 0.717) is 13.0 Å². The first kappa shape index (κ1) is 7.91. The van der Waals surface area contributed by atoms with Crippen LogP contribution in [0.2, 0.25) is 0 Å². The Labute approximate surface area is 65.0 Å². The Morgan fingerprint density at radius 1 is 1.82 bits per heavy atom. The van der Waals surface area contributed by atoms with Crippen LogP contribution < -0.4 is 0 Å². The van der Waals surface area contributed by atoms with Crippen molar-refractivity contribution in [3.63, 3.8) is 0 Å². The van der Waals surface area contributed by atoms with E-state index < -0.39 is 6.04 Å². The number of nitrogens with zero attached hydrogens (tertiary/aromatic N) is 2. The molecular weight excluding hydrogens is 144 g/mol. The van der Waals surface area contributed by atoms with Gasteiger partial charge in [0.25, 0.3) is 0 Å². The zero-order valence-corrected chi connectivity index (χ0v) is 6.36. The normalized spacial score (nSPS) is 21.7. The van der Waals surface area contributed by atoms with Crippen molar-refractivity contribution < 1.29 is 9.53 Å². The molecule has 0 aliphatic carbocycles. The van der Waals surface area contributed by atoms with Gasteiger partial charge in [-0.15, -0.1) is 0 Å². The first-order valence-electron chi connectivity index (χ1n) is 3.56. The van der Waals surface area contributed by atoms with E-state index in [1.165, 1.54) is 0 Å². The van der Waals surface area contributed by atoms with E-state index in [1.807, 2.05) is 0 Å². The third kappa shape index (κ3) is 2.14. The van der Waals surface area contributed by atoms with Crippen LogP contribution in [0.3, 0.4) is 0 Å². The van der Waals surface area contributed by atoms with Crippen LogP contribution >= 0.6 is 0 Å². The predicted octanol–water partition coefficient (Wildman–Crippen LogP) is 1.29. The molecule has 0 saturated carbocycles. The fourth-order valence-electron chi connectivity index (χ4n) is 0.785. The molecule has 0 aromatic heterocycles. The second-order valence-corrected chi connectivity index (χ2v) is 2.12. The zero-order valence-electron chi connectivity index (χ0n) is 6.36. The summed E-state index contributed by atoms with van der Waals surface area (Å²) in [6.45, 7) is 2.17. The maximum atomic E-state index is 11.0. The monoisotopic (exact) mass is 154 g/mol. The number of hydrogen-bond donors (Lipinski definition) is 0. The maximum absolute atomic E-state index is 11.0. The molecule has 1 rings (SSSR count). The molecule has 0 aromatic carbocycles. The number of ether oxygens (including phenoxy) is 1. The summed E-state index contributed by atoms with van der Waals surface area (Å²) < 4.78 is 4.75. The Morgan fingerprint density at radius 3 is 3.18 bits per heavy atom. The number of esters is 1.